The Bertz CT molecular complexity index is 630. The summed E-state index contributed by atoms with van der Waals surface area (Å²) in [5.74, 6) is -1.31. The van der Waals surface area contributed by atoms with Crippen molar-refractivity contribution in [3.8, 4) is 0 Å². The highest BCUT2D eigenvalue weighted by atomic mass is 16.6. The van der Waals surface area contributed by atoms with Crippen LogP contribution in [0.4, 0.5) is 0 Å². The summed E-state index contributed by atoms with van der Waals surface area (Å²) < 4.78 is 15.8. The molecule has 1 atom stereocenters. The third-order valence-electron chi connectivity index (χ3n) is 4.10. The van der Waals surface area contributed by atoms with E-state index in [0.717, 1.165) is 38.5 Å². The van der Waals surface area contributed by atoms with Gasteiger partial charge in [-0.15, -0.1) is 0 Å². The third-order valence-corrected chi connectivity index (χ3v) is 4.10. The highest BCUT2D eigenvalue weighted by Gasteiger charge is 2.18. The van der Waals surface area contributed by atoms with E-state index in [4.69, 9.17) is 14.2 Å². The molecule has 0 aromatic rings. The Morgan fingerprint density at radius 1 is 0.625 bits per heavy atom. The van der Waals surface area contributed by atoms with Crippen LogP contribution in [0.1, 0.15) is 78.6 Å². The quantitative estimate of drug-likeness (QED) is 0.150. The highest BCUT2D eigenvalue weighted by Crippen LogP contribution is 2.04. The van der Waals surface area contributed by atoms with E-state index >= 15 is 0 Å². The summed E-state index contributed by atoms with van der Waals surface area (Å²) in [5, 5.41) is 0. The average molecular weight is 449 g/mol. The second-order valence-electron chi connectivity index (χ2n) is 7.20. The van der Waals surface area contributed by atoms with Crippen molar-refractivity contribution in [1.29, 1.82) is 0 Å². The first-order valence-electron chi connectivity index (χ1n) is 11.6. The Labute approximate surface area is 193 Å². The van der Waals surface area contributed by atoms with Crippen molar-refractivity contribution in [2.45, 2.75) is 84.7 Å². The number of esters is 3. The van der Waals surface area contributed by atoms with Crippen molar-refractivity contribution >= 4 is 17.9 Å². The molecule has 0 aliphatic heterocycles. The predicted molar refractivity (Wildman–Crippen MR) is 127 cm³/mol. The largest absolute Gasteiger partial charge is 0.461 e. The Kier molecular flexibility index (Phi) is 19.8. The first kappa shape index (κ1) is 29.4. The van der Waals surface area contributed by atoms with E-state index < -0.39 is 24.0 Å². The fourth-order valence-electron chi connectivity index (χ4n) is 2.39. The van der Waals surface area contributed by atoms with Gasteiger partial charge in [-0.25, -0.2) is 0 Å². The summed E-state index contributed by atoms with van der Waals surface area (Å²) in [6.45, 7) is 5.85. The maximum absolute atomic E-state index is 12.1. The second kappa shape index (κ2) is 21.6. The Morgan fingerprint density at radius 2 is 1.09 bits per heavy atom. The zero-order chi connectivity index (χ0) is 23.9. The molecule has 6 nitrogen and oxygen atoms in total. The van der Waals surface area contributed by atoms with Gasteiger partial charge < -0.3 is 14.2 Å². The van der Waals surface area contributed by atoms with E-state index in [0.29, 0.717) is 0 Å². The van der Waals surface area contributed by atoms with E-state index in [-0.39, 0.29) is 32.5 Å². The van der Waals surface area contributed by atoms with Gasteiger partial charge in [0, 0.05) is 0 Å². The fourth-order valence-corrected chi connectivity index (χ4v) is 2.39. The Balaban J connectivity index is 4.59. The van der Waals surface area contributed by atoms with Crippen LogP contribution in [0.25, 0.3) is 0 Å². The summed E-state index contributed by atoms with van der Waals surface area (Å²) in [4.78, 5) is 35.9. The molecule has 0 amide bonds. The van der Waals surface area contributed by atoms with Crippen LogP contribution < -0.4 is 0 Å². The molecule has 6 heteroatoms. The number of hydrogen-bond acceptors (Lipinski definition) is 6. The molecule has 0 spiro atoms. The average Bonchev–Trinajstić information content (AvgIpc) is 2.78. The molecule has 0 aliphatic carbocycles. The fraction of sp³-hybridized carbons (Fsp3) is 0.577. The molecule has 0 N–H and O–H groups in total. The van der Waals surface area contributed by atoms with Gasteiger partial charge in [0.1, 0.15) is 13.2 Å². The van der Waals surface area contributed by atoms with Crippen LogP contribution in [-0.2, 0) is 28.6 Å². The summed E-state index contributed by atoms with van der Waals surface area (Å²) >= 11 is 0. The minimum atomic E-state index is -0.842. The second-order valence-corrected chi connectivity index (χ2v) is 7.20. The van der Waals surface area contributed by atoms with Gasteiger partial charge in [-0.05, 0) is 25.7 Å². The van der Waals surface area contributed by atoms with Gasteiger partial charge in [0.25, 0.3) is 0 Å². The molecule has 0 aromatic heterocycles. The zero-order valence-corrected chi connectivity index (χ0v) is 19.9. The van der Waals surface area contributed by atoms with Crippen LogP contribution in [0.15, 0.2) is 48.6 Å². The first-order chi connectivity index (χ1) is 15.5. The minimum Gasteiger partial charge on any atom is -0.461 e. The molecule has 1 unspecified atom stereocenters. The first-order valence-corrected chi connectivity index (χ1v) is 11.6. The molecule has 32 heavy (non-hydrogen) atoms. The van der Waals surface area contributed by atoms with Crippen LogP contribution in [0.2, 0.25) is 0 Å². The summed E-state index contributed by atoms with van der Waals surface area (Å²) in [6.07, 6.45) is 20.1. The smallest absolute Gasteiger partial charge is 0.310 e. The van der Waals surface area contributed by atoms with Crippen LogP contribution in [0.5, 0.6) is 0 Å². The number of rotatable bonds is 18. The topological polar surface area (TPSA) is 78.9 Å². The standard InChI is InChI=1S/C26H40O6/c1-4-7-10-13-14-17-19-25(28)31-22-23(32-26(29)20-16-12-9-6-3)21-30-24(27)18-15-11-8-5-2/h7,10-12,14-17,23H,4-6,8-9,13,18-22H2,1-3H3/b10-7+,15-11+,16-12+,17-14+. The van der Waals surface area contributed by atoms with Crippen LogP contribution >= 0.6 is 0 Å². The van der Waals surface area contributed by atoms with E-state index in [1.807, 2.05) is 24.3 Å². The predicted octanol–water partition coefficient (Wildman–Crippen LogP) is 5.78. The molecule has 0 aliphatic rings. The van der Waals surface area contributed by atoms with Crippen molar-refractivity contribution < 1.29 is 28.6 Å². The summed E-state index contributed by atoms with van der Waals surface area (Å²) in [6, 6.07) is 0. The van der Waals surface area contributed by atoms with Crippen molar-refractivity contribution in [3.05, 3.63) is 48.6 Å². The number of unbranched alkanes of at least 4 members (excludes halogenated alkanes) is 2. The molecule has 0 radical (unpaired) electrons. The number of carbonyl (C=O) groups excluding carboxylic acids is 3. The molecule has 0 saturated heterocycles. The molecule has 0 fully saturated rings. The number of carbonyl (C=O) groups is 3. The highest BCUT2D eigenvalue weighted by molar-refractivity contribution is 5.73. The number of allylic oxidation sites excluding steroid dienone is 5. The third kappa shape index (κ3) is 19.3. The van der Waals surface area contributed by atoms with E-state index in [1.54, 1.807) is 18.2 Å². The van der Waals surface area contributed by atoms with Crippen molar-refractivity contribution in [2.75, 3.05) is 13.2 Å². The lowest BCUT2D eigenvalue weighted by Gasteiger charge is -2.17. The van der Waals surface area contributed by atoms with Gasteiger partial charge in [0.2, 0.25) is 0 Å². The minimum absolute atomic E-state index is 0.117. The molecule has 0 rings (SSSR count). The summed E-state index contributed by atoms with van der Waals surface area (Å²) in [5.41, 5.74) is 0. The SMILES string of the molecule is CC/C=C/C/C=C/CC(=O)OCC(COC(=O)C/C=C/CCC)OC(=O)C/C=C/CCC. The molecule has 180 valence electrons. The normalized spacial score (nSPS) is 12.7. The number of ether oxygens (including phenoxy) is 3. The van der Waals surface area contributed by atoms with E-state index in [2.05, 4.69) is 26.8 Å². The van der Waals surface area contributed by atoms with Crippen molar-refractivity contribution in [3.63, 3.8) is 0 Å². The molecule has 0 heterocycles. The van der Waals surface area contributed by atoms with Crippen LogP contribution in [0, 0.1) is 0 Å². The van der Waals surface area contributed by atoms with Crippen molar-refractivity contribution in [1.82, 2.24) is 0 Å². The van der Waals surface area contributed by atoms with E-state index in [1.165, 1.54) is 0 Å². The molecular weight excluding hydrogens is 408 g/mol. The van der Waals surface area contributed by atoms with Gasteiger partial charge in [-0.1, -0.05) is 82.2 Å². The zero-order valence-electron chi connectivity index (χ0n) is 19.9. The van der Waals surface area contributed by atoms with Gasteiger partial charge in [-0.3, -0.25) is 14.4 Å². The van der Waals surface area contributed by atoms with Gasteiger partial charge >= 0.3 is 17.9 Å². The number of hydrogen-bond donors (Lipinski definition) is 0. The van der Waals surface area contributed by atoms with Crippen LogP contribution in [0.3, 0.4) is 0 Å². The lowest BCUT2D eigenvalue weighted by Crippen LogP contribution is -2.30. The summed E-state index contributed by atoms with van der Waals surface area (Å²) in [7, 11) is 0. The monoisotopic (exact) mass is 448 g/mol. The molecular formula is C26H40O6. The molecule has 0 bridgehead atoms. The maximum Gasteiger partial charge on any atom is 0.310 e. The lowest BCUT2D eigenvalue weighted by molar-refractivity contribution is -0.165. The maximum atomic E-state index is 12.1. The van der Waals surface area contributed by atoms with Gasteiger partial charge in [0.05, 0.1) is 19.3 Å². The van der Waals surface area contributed by atoms with Crippen LogP contribution in [-0.4, -0.2) is 37.2 Å². The molecule has 0 saturated carbocycles. The lowest BCUT2D eigenvalue weighted by atomic mass is 10.3. The van der Waals surface area contributed by atoms with E-state index in [9.17, 15) is 14.4 Å². The Morgan fingerprint density at radius 3 is 1.59 bits per heavy atom. The van der Waals surface area contributed by atoms with Gasteiger partial charge in [0.15, 0.2) is 6.10 Å². The Hall–Kier alpha value is -2.63. The molecule has 0 aromatic carbocycles. The van der Waals surface area contributed by atoms with Crippen molar-refractivity contribution in [2.24, 2.45) is 0 Å². The van der Waals surface area contributed by atoms with Gasteiger partial charge in [-0.2, -0.15) is 0 Å².